The molecule has 36 heavy (non-hydrogen) atoms. The molecule has 0 radical (unpaired) electrons. The number of allylic oxidation sites excluding steroid dienone is 1. The molecule has 1 aliphatic heterocycles. The molecule has 0 fully saturated rings. The lowest BCUT2D eigenvalue weighted by atomic mass is 9.93. The predicted molar refractivity (Wildman–Crippen MR) is 129 cm³/mol. The molecule has 9 heteroatoms. The second kappa shape index (κ2) is 9.49. The number of rotatable bonds is 6. The van der Waals surface area contributed by atoms with Gasteiger partial charge in [-0.2, -0.15) is 0 Å². The Kier molecular flexibility index (Phi) is 6.22. The fourth-order valence-corrected chi connectivity index (χ4v) is 4.87. The van der Waals surface area contributed by atoms with Crippen LogP contribution in [0.5, 0.6) is 0 Å². The molecule has 0 amide bonds. The van der Waals surface area contributed by atoms with Crippen molar-refractivity contribution in [1.29, 1.82) is 0 Å². The molecule has 0 bridgehead atoms. The topological polar surface area (TPSA) is 116 Å². The number of aromatic nitrogens is 1. The molecule has 1 N–H and O–H groups in total. The van der Waals surface area contributed by atoms with Crippen molar-refractivity contribution in [3.63, 3.8) is 0 Å². The zero-order valence-corrected chi connectivity index (χ0v) is 20.4. The second-order valence-corrected chi connectivity index (χ2v) is 8.38. The Bertz CT molecular complexity index is 1580. The van der Waals surface area contributed by atoms with Crippen LogP contribution in [0.2, 0.25) is 0 Å². The van der Waals surface area contributed by atoms with Gasteiger partial charge in [0.25, 0.3) is 0 Å². The van der Waals surface area contributed by atoms with Crippen molar-refractivity contribution in [2.24, 2.45) is 4.99 Å². The average Bonchev–Trinajstić information content (AvgIpc) is 3.43. The van der Waals surface area contributed by atoms with E-state index in [2.05, 4.69) is 4.98 Å². The summed E-state index contributed by atoms with van der Waals surface area (Å²) in [5.74, 6) is -0.398. The third kappa shape index (κ3) is 3.90. The first-order valence-corrected chi connectivity index (χ1v) is 12.1. The lowest BCUT2D eigenvalue weighted by Crippen LogP contribution is -2.35. The van der Waals surface area contributed by atoms with Crippen molar-refractivity contribution in [3.8, 4) is 0 Å². The first-order valence-electron chi connectivity index (χ1n) is 12.1. The Morgan fingerprint density at radius 2 is 1.75 bits per heavy atom. The van der Waals surface area contributed by atoms with E-state index in [1.807, 2.05) is 12.1 Å². The summed E-state index contributed by atoms with van der Waals surface area (Å²) in [6.45, 7) is 5.95. The molecule has 9 nitrogen and oxygen atoms in total. The Morgan fingerprint density at radius 1 is 1.00 bits per heavy atom. The molecule has 5 rings (SSSR count). The van der Waals surface area contributed by atoms with Gasteiger partial charge in [-0.25, -0.2) is 19.4 Å². The number of carbonyl (C=O) groups is 3. The standard InChI is InChI=1S/C27H26N2O7/c1-4-33-25(30)14-10-11-15-18-13-20(36-27(32)35-6-3)21-16-8-7-9-17(26(31)34-5-2)22(16)29-24(21)23(18)28-19(15)12-14/h9-12,29H,4-8,13H2,1-3H3. The summed E-state index contributed by atoms with van der Waals surface area (Å²) in [6, 6.07) is 5.22. The monoisotopic (exact) mass is 490 g/mol. The molecule has 0 saturated carbocycles. The highest BCUT2D eigenvalue weighted by Gasteiger charge is 2.31. The molecule has 0 spiro atoms. The fourth-order valence-electron chi connectivity index (χ4n) is 4.87. The first-order chi connectivity index (χ1) is 17.5. The minimum absolute atomic E-state index is 0.183. The number of esters is 2. The van der Waals surface area contributed by atoms with Gasteiger partial charge in [0.05, 0.1) is 53.1 Å². The van der Waals surface area contributed by atoms with Gasteiger partial charge in [-0.1, -0.05) is 12.1 Å². The fraction of sp³-hybridized carbons (Fsp3) is 0.333. The van der Waals surface area contributed by atoms with Crippen LogP contribution in [0.1, 0.15) is 55.2 Å². The molecule has 1 aromatic heterocycles. The molecule has 0 atom stereocenters. The number of hydrogen-bond acceptors (Lipinski definition) is 8. The van der Waals surface area contributed by atoms with Gasteiger partial charge in [0, 0.05) is 16.9 Å². The van der Waals surface area contributed by atoms with Gasteiger partial charge >= 0.3 is 18.1 Å². The van der Waals surface area contributed by atoms with Gasteiger partial charge in [0.15, 0.2) is 0 Å². The number of carbonyl (C=O) groups excluding carboxylic acids is 3. The molecular formula is C27H26N2O7. The van der Waals surface area contributed by atoms with E-state index < -0.39 is 18.1 Å². The van der Waals surface area contributed by atoms with E-state index in [4.69, 9.17) is 23.9 Å². The van der Waals surface area contributed by atoms with Gasteiger partial charge in [0.2, 0.25) is 0 Å². The number of H-pyrrole nitrogens is 1. The van der Waals surface area contributed by atoms with E-state index >= 15 is 0 Å². The van der Waals surface area contributed by atoms with Crippen LogP contribution >= 0.6 is 0 Å². The van der Waals surface area contributed by atoms with E-state index in [0.29, 0.717) is 63.5 Å². The predicted octanol–water partition coefficient (Wildman–Crippen LogP) is 1.36. The molecule has 2 aliphatic carbocycles. The third-order valence-corrected chi connectivity index (χ3v) is 6.28. The maximum Gasteiger partial charge on any atom is 0.513 e. The van der Waals surface area contributed by atoms with Crippen molar-refractivity contribution in [1.82, 2.24) is 4.98 Å². The van der Waals surface area contributed by atoms with Crippen LogP contribution < -0.4 is 21.1 Å². The number of fused-ring (bicyclic) bond motifs is 5. The summed E-state index contributed by atoms with van der Waals surface area (Å²) in [5.41, 5.74) is 3.92. The summed E-state index contributed by atoms with van der Waals surface area (Å²) >= 11 is 0. The number of benzene rings is 1. The maximum absolute atomic E-state index is 12.7. The van der Waals surface area contributed by atoms with E-state index in [-0.39, 0.29) is 19.8 Å². The zero-order chi connectivity index (χ0) is 25.4. The van der Waals surface area contributed by atoms with Crippen molar-refractivity contribution >= 4 is 40.7 Å². The summed E-state index contributed by atoms with van der Waals surface area (Å²) in [4.78, 5) is 45.5. The van der Waals surface area contributed by atoms with Crippen LogP contribution in [0, 0.1) is 0 Å². The highest BCUT2D eigenvalue weighted by molar-refractivity contribution is 6.16. The molecule has 2 heterocycles. The minimum Gasteiger partial charge on any atom is -0.462 e. The Labute approximate surface area is 206 Å². The van der Waals surface area contributed by atoms with E-state index in [0.717, 1.165) is 16.4 Å². The van der Waals surface area contributed by atoms with Crippen LogP contribution in [0.25, 0.3) is 22.6 Å². The first kappa shape index (κ1) is 23.6. The number of nitrogens with one attached hydrogen (secondary N) is 1. The highest BCUT2D eigenvalue weighted by Crippen LogP contribution is 2.29. The van der Waals surface area contributed by atoms with E-state index in [1.54, 1.807) is 32.9 Å². The number of ether oxygens (including phenoxy) is 4. The van der Waals surface area contributed by atoms with Crippen LogP contribution in [0.4, 0.5) is 4.79 Å². The van der Waals surface area contributed by atoms with Gasteiger partial charge in [-0.15, -0.1) is 0 Å². The van der Waals surface area contributed by atoms with Gasteiger partial charge in [-0.05, 0) is 56.9 Å². The lowest BCUT2D eigenvalue weighted by Gasteiger charge is -2.16. The van der Waals surface area contributed by atoms with E-state index in [9.17, 15) is 14.4 Å². The smallest absolute Gasteiger partial charge is 0.462 e. The summed E-state index contributed by atoms with van der Waals surface area (Å²) in [6.07, 6.45) is 2.67. The lowest BCUT2D eigenvalue weighted by molar-refractivity contribution is -0.136. The molecule has 1 aromatic carbocycles. The van der Waals surface area contributed by atoms with Gasteiger partial charge in [-0.3, -0.25) is 0 Å². The van der Waals surface area contributed by atoms with Crippen LogP contribution in [0.15, 0.2) is 29.3 Å². The maximum atomic E-state index is 12.7. The van der Waals surface area contributed by atoms with Crippen LogP contribution in [0.3, 0.4) is 0 Å². The summed E-state index contributed by atoms with van der Waals surface area (Å²) < 4.78 is 21.1. The molecule has 3 aliphatic rings. The Hall–Kier alpha value is -4.14. The summed E-state index contributed by atoms with van der Waals surface area (Å²) in [5, 5.41) is 2.84. The van der Waals surface area contributed by atoms with E-state index in [1.165, 1.54) is 0 Å². The van der Waals surface area contributed by atoms with Crippen LogP contribution in [-0.4, -0.2) is 42.9 Å². The Morgan fingerprint density at radius 3 is 2.50 bits per heavy atom. The number of hydrogen-bond donors (Lipinski definition) is 1. The zero-order valence-electron chi connectivity index (χ0n) is 20.4. The number of nitrogens with zero attached hydrogens (tertiary/aromatic N) is 1. The number of aromatic amines is 1. The largest absolute Gasteiger partial charge is 0.513 e. The average molecular weight is 491 g/mol. The minimum atomic E-state index is -0.790. The van der Waals surface area contributed by atoms with Crippen LogP contribution in [-0.2, 0) is 30.2 Å². The van der Waals surface area contributed by atoms with Crippen molar-refractivity contribution in [2.45, 2.75) is 40.0 Å². The molecule has 186 valence electrons. The van der Waals surface area contributed by atoms with Crippen molar-refractivity contribution < 1.29 is 33.3 Å². The van der Waals surface area contributed by atoms with Gasteiger partial charge < -0.3 is 23.9 Å². The molecule has 0 saturated heterocycles. The summed E-state index contributed by atoms with van der Waals surface area (Å²) in [7, 11) is 0. The second-order valence-electron chi connectivity index (χ2n) is 8.38. The van der Waals surface area contributed by atoms with Crippen molar-refractivity contribution in [2.75, 3.05) is 19.8 Å². The Balaban J connectivity index is 1.75. The molecule has 0 unspecified atom stereocenters. The highest BCUT2D eigenvalue weighted by atomic mass is 16.7. The van der Waals surface area contributed by atoms with Crippen molar-refractivity contribution in [3.05, 3.63) is 62.2 Å². The molecular weight excluding hydrogens is 464 g/mol. The van der Waals surface area contributed by atoms with Gasteiger partial charge in [0.1, 0.15) is 5.76 Å². The molecule has 2 aromatic rings. The quantitative estimate of drug-likeness (QED) is 0.480. The SMILES string of the molecule is CCOC(=O)OC1=c2c3c([nH]c2=C2N=c4cc(C(=O)OCC)ccc4=C2C1)C(C(=O)OCC)=CCC3. The normalized spacial score (nSPS) is 15.1. The third-order valence-electron chi connectivity index (χ3n) is 6.28.